The van der Waals surface area contributed by atoms with Crippen LogP contribution in [0.25, 0.3) is 32.8 Å². The van der Waals surface area contributed by atoms with Crippen LogP contribution < -0.4 is 15.1 Å². The Morgan fingerprint density at radius 2 is 1.87 bits per heavy atom. The number of likely N-dealkylation sites (N-methyl/N-ethyl adjacent to an activating group) is 1. The molecule has 8 rings (SSSR count). The average molecular weight is 533 g/mol. The lowest BCUT2D eigenvalue weighted by Gasteiger charge is -2.47. The molecule has 0 amide bonds. The molecule has 4 saturated heterocycles. The molecule has 196 valence electrons. The van der Waals surface area contributed by atoms with Gasteiger partial charge in [0.2, 0.25) is 5.95 Å². The van der Waals surface area contributed by atoms with Crippen LogP contribution in [0.2, 0.25) is 5.02 Å². The van der Waals surface area contributed by atoms with Gasteiger partial charge < -0.3 is 25.1 Å². The van der Waals surface area contributed by atoms with Gasteiger partial charge in [0, 0.05) is 55.3 Å². The fourth-order valence-corrected chi connectivity index (χ4v) is 6.48. The maximum absolute atomic E-state index is 16.7. The topological polar surface area (TPSA) is 67.8 Å². The highest BCUT2D eigenvalue weighted by atomic mass is 35.5. The predicted octanol–water partition coefficient (Wildman–Crippen LogP) is 4.64. The van der Waals surface area contributed by atoms with Crippen LogP contribution in [-0.4, -0.2) is 78.4 Å². The maximum atomic E-state index is 16.7. The van der Waals surface area contributed by atoms with E-state index < -0.39 is 5.82 Å². The number of piperidine rings is 2. The zero-order valence-electron chi connectivity index (χ0n) is 21.5. The molecule has 1 aromatic heterocycles. The number of phenols is 1. The van der Waals surface area contributed by atoms with E-state index in [0.29, 0.717) is 35.0 Å². The van der Waals surface area contributed by atoms with E-state index in [1.807, 2.05) is 30.3 Å². The van der Waals surface area contributed by atoms with E-state index in [9.17, 15) is 5.11 Å². The Bertz CT molecular complexity index is 1560. The number of nitrogens with zero attached hydrogens (tertiary/aromatic N) is 5. The predicted molar refractivity (Wildman–Crippen MR) is 151 cm³/mol. The fraction of sp³-hybridized carbons (Fsp3) is 0.379. The normalized spacial score (nSPS) is 21.6. The van der Waals surface area contributed by atoms with E-state index in [0.717, 1.165) is 55.6 Å². The molecular formula is C29H30ClFN6O. The summed E-state index contributed by atoms with van der Waals surface area (Å²) in [4.78, 5) is 16.5. The lowest BCUT2D eigenvalue weighted by atomic mass is 9.92. The third-order valence-electron chi connectivity index (χ3n) is 8.46. The highest BCUT2D eigenvalue weighted by Gasteiger charge is 2.37. The summed E-state index contributed by atoms with van der Waals surface area (Å²) in [7, 11) is 4.14. The van der Waals surface area contributed by atoms with E-state index in [1.54, 1.807) is 12.1 Å². The average Bonchev–Trinajstić information content (AvgIpc) is 2.88. The van der Waals surface area contributed by atoms with Crippen LogP contribution in [0, 0.1) is 5.82 Å². The van der Waals surface area contributed by atoms with Gasteiger partial charge in [-0.3, -0.25) is 0 Å². The molecule has 2 N–H and O–H groups in total. The molecule has 9 heteroatoms. The third kappa shape index (κ3) is 3.77. The summed E-state index contributed by atoms with van der Waals surface area (Å²) in [5, 5.41) is 16.6. The van der Waals surface area contributed by atoms with Gasteiger partial charge in [-0.25, -0.2) is 9.37 Å². The zero-order valence-corrected chi connectivity index (χ0v) is 22.2. The first-order valence-corrected chi connectivity index (χ1v) is 13.6. The Labute approximate surface area is 225 Å². The number of fused-ring (bicyclic) bond motifs is 5. The minimum Gasteiger partial charge on any atom is -0.508 e. The Morgan fingerprint density at radius 3 is 2.58 bits per heavy atom. The van der Waals surface area contributed by atoms with E-state index >= 15 is 4.39 Å². The number of phenolic OH excluding ortho intramolecular Hbond substituents is 1. The highest BCUT2D eigenvalue weighted by Crippen LogP contribution is 2.43. The van der Waals surface area contributed by atoms with Crippen molar-refractivity contribution in [3.8, 4) is 16.9 Å². The van der Waals surface area contributed by atoms with Gasteiger partial charge in [-0.05, 0) is 61.5 Å². The molecule has 0 radical (unpaired) electrons. The number of rotatable bonds is 4. The number of benzene rings is 3. The van der Waals surface area contributed by atoms with Crippen molar-refractivity contribution in [3.63, 3.8) is 0 Å². The van der Waals surface area contributed by atoms with Crippen molar-refractivity contribution in [1.29, 1.82) is 0 Å². The summed E-state index contributed by atoms with van der Waals surface area (Å²) in [6.45, 7) is 3.31. The summed E-state index contributed by atoms with van der Waals surface area (Å²) < 4.78 is 16.7. The summed E-state index contributed by atoms with van der Waals surface area (Å²) in [6, 6.07) is 13.8. The van der Waals surface area contributed by atoms with Crippen molar-refractivity contribution < 1.29 is 9.50 Å². The van der Waals surface area contributed by atoms with E-state index in [4.69, 9.17) is 21.6 Å². The number of piperazine rings is 1. The maximum Gasteiger partial charge on any atom is 0.228 e. The Kier molecular flexibility index (Phi) is 5.61. The molecular weight excluding hydrogens is 503 g/mol. The van der Waals surface area contributed by atoms with E-state index in [2.05, 4.69) is 34.1 Å². The molecule has 2 bridgehead atoms. The van der Waals surface area contributed by atoms with Crippen LogP contribution >= 0.6 is 11.6 Å². The first-order valence-electron chi connectivity index (χ1n) is 13.2. The van der Waals surface area contributed by atoms with E-state index in [1.165, 1.54) is 0 Å². The molecule has 4 aliphatic heterocycles. The van der Waals surface area contributed by atoms with Crippen LogP contribution in [0.15, 0.2) is 42.5 Å². The van der Waals surface area contributed by atoms with Crippen LogP contribution in [0.5, 0.6) is 5.75 Å². The van der Waals surface area contributed by atoms with Crippen LogP contribution in [0.1, 0.15) is 12.8 Å². The van der Waals surface area contributed by atoms with Gasteiger partial charge in [0.05, 0.1) is 5.02 Å². The number of aromatic hydroxyl groups is 1. The second-order valence-corrected chi connectivity index (χ2v) is 11.4. The molecule has 3 aromatic carbocycles. The largest absolute Gasteiger partial charge is 0.508 e. The smallest absolute Gasteiger partial charge is 0.228 e. The Morgan fingerprint density at radius 1 is 1.05 bits per heavy atom. The zero-order chi connectivity index (χ0) is 26.1. The van der Waals surface area contributed by atoms with Gasteiger partial charge in [0.15, 0.2) is 5.82 Å². The molecule has 38 heavy (non-hydrogen) atoms. The number of hydrogen-bond donors (Lipinski definition) is 2. The number of nitrogens with one attached hydrogen (secondary N) is 1. The molecule has 2 atom stereocenters. The molecule has 0 saturated carbocycles. The second kappa shape index (κ2) is 8.93. The first-order chi connectivity index (χ1) is 18.4. The van der Waals surface area contributed by atoms with Gasteiger partial charge >= 0.3 is 0 Å². The van der Waals surface area contributed by atoms with Crippen LogP contribution in [-0.2, 0) is 0 Å². The first kappa shape index (κ1) is 23.9. The van der Waals surface area contributed by atoms with Gasteiger partial charge in [-0.1, -0.05) is 35.9 Å². The minimum atomic E-state index is -0.488. The van der Waals surface area contributed by atoms with Gasteiger partial charge in [-0.2, -0.15) is 4.98 Å². The van der Waals surface area contributed by atoms with Crippen molar-refractivity contribution in [2.45, 2.75) is 31.0 Å². The number of hydrogen-bond acceptors (Lipinski definition) is 7. The Hall–Kier alpha value is -3.20. The summed E-state index contributed by atoms with van der Waals surface area (Å²) >= 11 is 6.86. The molecule has 4 fully saturated rings. The summed E-state index contributed by atoms with van der Waals surface area (Å²) in [6.07, 6.45) is 2.21. The molecule has 0 unspecified atom stereocenters. The quantitative estimate of drug-likeness (QED) is 0.397. The third-order valence-corrected chi connectivity index (χ3v) is 8.76. The summed E-state index contributed by atoms with van der Waals surface area (Å²) in [5.41, 5.74) is 1.06. The van der Waals surface area contributed by atoms with Gasteiger partial charge in [0.1, 0.15) is 17.1 Å². The molecule has 5 heterocycles. The number of aromatic nitrogens is 2. The lowest BCUT2D eigenvalue weighted by Crippen LogP contribution is -2.61. The monoisotopic (exact) mass is 532 g/mol. The molecule has 4 aromatic rings. The SMILES string of the molecule is CN(C)C1CN(c2nc(N3C[C@@H]4CC[C@H]3CN4)c3cc(Cl)c(-c4cc(O)cc5ccccc45)c(F)c3n2)C1. The van der Waals surface area contributed by atoms with Crippen molar-refractivity contribution in [2.75, 3.05) is 50.1 Å². The summed E-state index contributed by atoms with van der Waals surface area (Å²) in [5.74, 6) is 0.874. The van der Waals surface area contributed by atoms with E-state index in [-0.39, 0.29) is 21.9 Å². The molecule has 0 spiro atoms. The minimum absolute atomic E-state index is 0.0606. The fourth-order valence-electron chi connectivity index (χ4n) is 6.19. The highest BCUT2D eigenvalue weighted by molar-refractivity contribution is 6.35. The Balaban J connectivity index is 1.44. The van der Waals surface area contributed by atoms with Crippen molar-refractivity contribution in [2.24, 2.45) is 0 Å². The molecule has 4 aliphatic rings. The number of halogens is 2. The van der Waals surface area contributed by atoms with Crippen molar-refractivity contribution in [3.05, 3.63) is 53.3 Å². The molecule has 7 nitrogen and oxygen atoms in total. The van der Waals surface area contributed by atoms with Gasteiger partial charge in [-0.15, -0.1) is 0 Å². The van der Waals surface area contributed by atoms with Crippen LogP contribution in [0.3, 0.4) is 0 Å². The van der Waals surface area contributed by atoms with Crippen LogP contribution in [0.4, 0.5) is 16.2 Å². The molecule has 0 aliphatic carbocycles. The standard InChI is InChI=1S/C29H30ClFN6O/c1-35(2)19-14-36(15-19)29-33-27-23(28(34-29)37-13-17-7-8-18(37)12-32-17)11-24(30)25(26(27)31)22-10-20(38)9-16-5-3-4-6-21(16)22/h3-6,9-11,17-19,32,38H,7-8,12-15H2,1-2H3/t17-,18-/m0/s1. The van der Waals surface area contributed by atoms with Crippen molar-refractivity contribution in [1.82, 2.24) is 20.2 Å². The second-order valence-electron chi connectivity index (χ2n) is 11.0. The lowest BCUT2D eigenvalue weighted by molar-refractivity contribution is 0.245. The number of anilines is 2. The van der Waals surface area contributed by atoms with Crippen molar-refractivity contribution >= 4 is 45.0 Å². The van der Waals surface area contributed by atoms with Gasteiger partial charge in [0.25, 0.3) is 0 Å².